The molecule has 0 fully saturated rings. The van der Waals surface area contributed by atoms with Crippen LogP contribution in [0.25, 0.3) is 5.69 Å². The Balaban J connectivity index is 1.68. The number of ether oxygens (including phenoxy) is 1. The van der Waals surface area contributed by atoms with E-state index in [0.29, 0.717) is 6.61 Å². The summed E-state index contributed by atoms with van der Waals surface area (Å²) in [4.78, 5) is 4.34. The molecule has 0 saturated heterocycles. The van der Waals surface area contributed by atoms with Crippen molar-refractivity contribution in [3.8, 4) is 11.4 Å². The minimum absolute atomic E-state index is 0.530. The largest absolute Gasteiger partial charge is 0.489 e. The van der Waals surface area contributed by atoms with Gasteiger partial charge in [-0.15, -0.1) is 0 Å². The Bertz CT molecular complexity index is 733. The maximum absolute atomic E-state index is 5.87. The Labute approximate surface area is 135 Å². The molecule has 0 saturated carbocycles. The third-order valence-electron chi connectivity index (χ3n) is 3.47. The zero-order valence-corrected chi connectivity index (χ0v) is 13.1. The number of imidazole rings is 1. The second-order valence-electron chi connectivity index (χ2n) is 4.98. The van der Waals surface area contributed by atoms with Crippen molar-refractivity contribution in [3.63, 3.8) is 0 Å². The lowest BCUT2D eigenvalue weighted by molar-refractivity contribution is 0.306. The van der Waals surface area contributed by atoms with Gasteiger partial charge in [-0.05, 0) is 42.0 Å². The van der Waals surface area contributed by atoms with Crippen LogP contribution in [0.5, 0.6) is 5.75 Å². The summed E-state index contributed by atoms with van der Waals surface area (Å²) >= 11 is 5.87. The third-order valence-corrected chi connectivity index (χ3v) is 3.72. The molecule has 0 radical (unpaired) electrons. The molecule has 0 amide bonds. The fourth-order valence-electron chi connectivity index (χ4n) is 2.28. The number of halogens is 1. The average Bonchev–Trinajstić information content (AvgIpc) is 3.03. The van der Waals surface area contributed by atoms with Crippen LogP contribution < -0.4 is 4.74 Å². The molecule has 0 spiro atoms. The highest BCUT2D eigenvalue weighted by atomic mass is 35.5. The molecule has 1 heterocycles. The van der Waals surface area contributed by atoms with E-state index in [9.17, 15) is 0 Å². The first-order valence-corrected chi connectivity index (χ1v) is 7.64. The van der Waals surface area contributed by atoms with Gasteiger partial charge in [0.2, 0.25) is 0 Å². The molecule has 0 aliphatic rings. The van der Waals surface area contributed by atoms with Gasteiger partial charge in [-0.3, -0.25) is 0 Å². The zero-order valence-electron chi connectivity index (χ0n) is 12.4. The van der Waals surface area contributed by atoms with E-state index < -0.39 is 0 Å². The van der Waals surface area contributed by atoms with Crippen LogP contribution in [0, 0.1) is 0 Å². The molecule has 0 atom stereocenters. The summed E-state index contributed by atoms with van der Waals surface area (Å²) in [5, 5.41) is 0.736. The van der Waals surface area contributed by atoms with Crippen molar-refractivity contribution in [2.24, 2.45) is 0 Å². The second kappa shape index (κ2) is 6.67. The van der Waals surface area contributed by atoms with Gasteiger partial charge in [-0.2, -0.15) is 0 Å². The molecule has 0 bridgehead atoms. The monoisotopic (exact) mass is 312 g/mol. The molecule has 1 aromatic heterocycles. The van der Waals surface area contributed by atoms with Gasteiger partial charge in [0.15, 0.2) is 0 Å². The Kier molecular flexibility index (Phi) is 4.45. The molecule has 2 aromatic carbocycles. The number of rotatable bonds is 5. The highest BCUT2D eigenvalue weighted by Crippen LogP contribution is 2.18. The first-order chi connectivity index (χ1) is 10.8. The Morgan fingerprint density at radius 2 is 1.77 bits per heavy atom. The molecule has 0 unspecified atom stereocenters. The molecular weight excluding hydrogens is 296 g/mol. The van der Waals surface area contributed by atoms with Crippen molar-refractivity contribution >= 4 is 11.6 Å². The fraction of sp³-hybridized carbons (Fsp3) is 0.167. The lowest BCUT2D eigenvalue weighted by atomic mass is 10.2. The average molecular weight is 313 g/mol. The Morgan fingerprint density at radius 3 is 2.45 bits per heavy atom. The summed E-state index contributed by atoms with van der Waals surface area (Å²) in [5.74, 6) is 1.90. The highest BCUT2D eigenvalue weighted by Gasteiger charge is 2.03. The Hall–Kier alpha value is -2.26. The molecule has 3 nitrogen and oxygen atoms in total. The van der Waals surface area contributed by atoms with E-state index in [1.807, 2.05) is 60.9 Å². The molecule has 0 N–H and O–H groups in total. The predicted octanol–water partition coefficient (Wildman–Crippen LogP) is 4.67. The number of aromatic nitrogens is 2. The van der Waals surface area contributed by atoms with E-state index in [4.69, 9.17) is 16.3 Å². The topological polar surface area (TPSA) is 27.1 Å². The molecular formula is C18H17ClN2O. The van der Waals surface area contributed by atoms with Crippen LogP contribution in [0.1, 0.15) is 18.3 Å². The van der Waals surface area contributed by atoms with E-state index in [1.165, 1.54) is 0 Å². The summed E-state index contributed by atoms with van der Waals surface area (Å²) in [7, 11) is 0. The van der Waals surface area contributed by atoms with E-state index in [-0.39, 0.29) is 0 Å². The van der Waals surface area contributed by atoms with Crippen LogP contribution in [0.2, 0.25) is 5.02 Å². The number of aryl methyl sites for hydroxylation is 1. The molecule has 0 aliphatic carbocycles. The lowest BCUT2D eigenvalue weighted by Gasteiger charge is -2.09. The number of nitrogens with zero attached hydrogens (tertiary/aromatic N) is 2. The van der Waals surface area contributed by atoms with Crippen LogP contribution >= 0.6 is 11.6 Å². The Morgan fingerprint density at radius 1 is 1.05 bits per heavy atom. The normalized spacial score (nSPS) is 10.6. The van der Waals surface area contributed by atoms with Crippen molar-refractivity contribution in [1.29, 1.82) is 0 Å². The molecule has 112 valence electrons. The van der Waals surface area contributed by atoms with Gasteiger partial charge < -0.3 is 9.30 Å². The highest BCUT2D eigenvalue weighted by molar-refractivity contribution is 6.30. The van der Waals surface area contributed by atoms with Crippen molar-refractivity contribution in [1.82, 2.24) is 9.55 Å². The minimum Gasteiger partial charge on any atom is -0.489 e. The van der Waals surface area contributed by atoms with Crippen LogP contribution in [0.4, 0.5) is 0 Å². The van der Waals surface area contributed by atoms with Gasteiger partial charge >= 0.3 is 0 Å². The first-order valence-electron chi connectivity index (χ1n) is 7.26. The minimum atomic E-state index is 0.530. The molecule has 0 aliphatic heterocycles. The van der Waals surface area contributed by atoms with Crippen molar-refractivity contribution < 1.29 is 4.74 Å². The van der Waals surface area contributed by atoms with Crippen molar-refractivity contribution in [3.05, 3.63) is 77.3 Å². The van der Waals surface area contributed by atoms with E-state index in [2.05, 4.69) is 16.5 Å². The second-order valence-corrected chi connectivity index (χ2v) is 5.41. The number of hydrogen-bond acceptors (Lipinski definition) is 2. The number of hydrogen-bond donors (Lipinski definition) is 0. The van der Waals surface area contributed by atoms with Crippen LogP contribution in [0.15, 0.2) is 60.9 Å². The van der Waals surface area contributed by atoms with Gasteiger partial charge in [-0.1, -0.05) is 30.7 Å². The third kappa shape index (κ3) is 3.31. The maximum Gasteiger partial charge on any atom is 0.119 e. The van der Waals surface area contributed by atoms with Crippen molar-refractivity contribution in [2.45, 2.75) is 20.0 Å². The smallest absolute Gasteiger partial charge is 0.119 e. The fourth-order valence-corrected chi connectivity index (χ4v) is 2.41. The maximum atomic E-state index is 5.87. The summed E-state index contributed by atoms with van der Waals surface area (Å²) < 4.78 is 7.88. The zero-order chi connectivity index (χ0) is 15.4. The van der Waals surface area contributed by atoms with Gasteiger partial charge in [0.25, 0.3) is 0 Å². The van der Waals surface area contributed by atoms with E-state index in [0.717, 1.165) is 34.3 Å². The van der Waals surface area contributed by atoms with Gasteiger partial charge in [0.05, 0.1) is 0 Å². The molecule has 3 aromatic rings. The number of benzene rings is 2. The van der Waals surface area contributed by atoms with Crippen LogP contribution in [-0.4, -0.2) is 9.55 Å². The summed E-state index contributed by atoms with van der Waals surface area (Å²) in [5.41, 5.74) is 2.18. The van der Waals surface area contributed by atoms with Crippen molar-refractivity contribution in [2.75, 3.05) is 0 Å². The SMILES string of the molecule is CCc1nccn1-c1ccc(OCc2ccc(Cl)cc2)cc1. The summed E-state index contributed by atoms with van der Waals surface area (Å²) in [6.45, 7) is 2.63. The van der Waals surface area contributed by atoms with Crippen LogP contribution in [0.3, 0.4) is 0 Å². The van der Waals surface area contributed by atoms with Gasteiger partial charge in [0.1, 0.15) is 18.2 Å². The summed E-state index contributed by atoms with van der Waals surface area (Å²) in [6, 6.07) is 15.7. The van der Waals surface area contributed by atoms with E-state index in [1.54, 1.807) is 0 Å². The molecule has 3 rings (SSSR count). The summed E-state index contributed by atoms with van der Waals surface area (Å²) in [6.07, 6.45) is 4.70. The predicted molar refractivity (Wildman–Crippen MR) is 88.7 cm³/mol. The van der Waals surface area contributed by atoms with Crippen LogP contribution in [-0.2, 0) is 13.0 Å². The first kappa shape index (κ1) is 14.7. The quantitative estimate of drug-likeness (QED) is 0.684. The lowest BCUT2D eigenvalue weighted by Crippen LogP contribution is -1.99. The van der Waals surface area contributed by atoms with E-state index >= 15 is 0 Å². The standard InChI is InChI=1S/C18H17ClN2O/c1-2-18-20-11-12-21(18)16-7-9-17(10-8-16)22-13-14-3-5-15(19)6-4-14/h3-12H,2,13H2,1H3. The van der Waals surface area contributed by atoms with Gasteiger partial charge in [-0.25, -0.2) is 4.98 Å². The molecule has 4 heteroatoms. The molecule has 22 heavy (non-hydrogen) atoms. The van der Waals surface area contributed by atoms with Gasteiger partial charge in [0, 0.05) is 29.5 Å².